The van der Waals surface area contributed by atoms with Crippen molar-refractivity contribution in [3.05, 3.63) is 24.3 Å². The quantitative estimate of drug-likeness (QED) is 0.0288. The highest BCUT2D eigenvalue weighted by Crippen LogP contribution is 2.43. The molecule has 0 aliphatic carbocycles. The summed E-state index contributed by atoms with van der Waals surface area (Å²) < 4.78 is 23.3. The lowest BCUT2D eigenvalue weighted by Gasteiger charge is -2.25. The van der Waals surface area contributed by atoms with Crippen molar-refractivity contribution in [2.24, 2.45) is 0 Å². The minimum Gasteiger partial charge on any atom is -0.387 e. The average Bonchev–Trinajstić information content (AvgIpc) is 2.97. The van der Waals surface area contributed by atoms with Gasteiger partial charge in [-0.3, -0.25) is 13.8 Å². The second-order valence-corrected chi connectivity index (χ2v) is 15.0. The van der Waals surface area contributed by atoms with Crippen LogP contribution in [0.5, 0.6) is 0 Å². The third-order valence-corrected chi connectivity index (χ3v) is 8.91. The minimum absolute atomic E-state index is 0.0571. The molecule has 3 unspecified atom stereocenters. The van der Waals surface area contributed by atoms with Crippen molar-refractivity contribution in [2.75, 3.05) is 40.9 Å². The first-order valence-electron chi connectivity index (χ1n) is 18.2. The molecule has 0 fully saturated rings. The predicted molar refractivity (Wildman–Crippen MR) is 189 cm³/mol. The molecule has 0 aromatic carbocycles. The maximum Gasteiger partial charge on any atom is 0.472 e. The van der Waals surface area contributed by atoms with Crippen molar-refractivity contribution < 1.29 is 32.9 Å². The fourth-order valence-corrected chi connectivity index (χ4v) is 5.67. The lowest BCUT2D eigenvalue weighted by atomic mass is 10.1. The molecule has 0 radical (unpaired) electrons. The van der Waals surface area contributed by atoms with Gasteiger partial charge in [0, 0.05) is 6.42 Å². The predicted octanol–water partition coefficient (Wildman–Crippen LogP) is 9.02. The highest BCUT2D eigenvalue weighted by Gasteiger charge is 2.27. The fourth-order valence-electron chi connectivity index (χ4n) is 4.94. The number of rotatable bonds is 32. The van der Waals surface area contributed by atoms with E-state index in [9.17, 15) is 19.4 Å². The Balaban J connectivity index is 4.49. The van der Waals surface area contributed by atoms with Gasteiger partial charge in [-0.15, -0.1) is 0 Å². The number of aliphatic hydroxyl groups excluding tert-OH is 1. The number of hydrogen-bond acceptors (Lipinski definition) is 5. The van der Waals surface area contributed by atoms with Crippen molar-refractivity contribution in [1.82, 2.24) is 5.32 Å². The Morgan fingerprint density at radius 3 is 1.78 bits per heavy atom. The molecular formula is C36H72N2O6P+. The van der Waals surface area contributed by atoms with Gasteiger partial charge in [0.15, 0.2) is 0 Å². The molecule has 3 N–H and O–H groups in total. The topological polar surface area (TPSA) is 105 Å². The van der Waals surface area contributed by atoms with Gasteiger partial charge in [-0.05, 0) is 32.1 Å². The van der Waals surface area contributed by atoms with Gasteiger partial charge >= 0.3 is 7.82 Å². The third-order valence-electron chi connectivity index (χ3n) is 7.92. The monoisotopic (exact) mass is 660 g/mol. The number of unbranched alkanes of at least 4 members (excludes halogenated alkanes) is 17. The van der Waals surface area contributed by atoms with Crippen molar-refractivity contribution in [2.45, 2.75) is 161 Å². The Kier molecular flexibility index (Phi) is 28.5. The van der Waals surface area contributed by atoms with Gasteiger partial charge in [-0.25, -0.2) is 4.57 Å². The Morgan fingerprint density at radius 2 is 1.22 bits per heavy atom. The molecule has 0 saturated heterocycles. The Bertz CT molecular complexity index is 799. The molecule has 0 saturated carbocycles. The largest absolute Gasteiger partial charge is 0.472 e. The summed E-state index contributed by atoms with van der Waals surface area (Å²) in [5.41, 5.74) is 0. The van der Waals surface area contributed by atoms with E-state index < -0.39 is 20.0 Å². The van der Waals surface area contributed by atoms with Gasteiger partial charge in [0.25, 0.3) is 0 Å². The van der Waals surface area contributed by atoms with Gasteiger partial charge in [-0.1, -0.05) is 134 Å². The maximum absolute atomic E-state index is 12.6. The van der Waals surface area contributed by atoms with E-state index in [0.29, 0.717) is 17.4 Å². The maximum atomic E-state index is 12.6. The van der Waals surface area contributed by atoms with Crippen LogP contribution >= 0.6 is 7.82 Å². The van der Waals surface area contributed by atoms with Gasteiger partial charge in [0.2, 0.25) is 5.91 Å². The third kappa shape index (κ3) is 31.4. The van der Waals surface area contributed by atoms with E-state index in [2.05, 4.69) is 31.3 Å². The van der Waals surface area contributed by atoms with Crippen LogP contribution in [0.1, 0.15) is 149 Å². The van der Waals surface area contributed by atoms with Crippen molar-refractivity contribution in [1.29, 1.82) is 0 Å². The van der Waals surface area contributed by atoms with E-state index >= 15 is 0 Å². The van der Waals surface area contributed by atoms with Gasteiger partial charge < -0.3 is 19.8 Å². The summed E-state index contributed by atoms with van der Waals surface area (Å²) >= 11 is 0. The summed E-state index contributed by atoms with van der Waals surface area (Å²) in [4.78, 5) is 22.7. The molecule has 0 aromatic rings. The van der Waals surface area contributed by atoms with Crippen LogP contribution in [-0.4, -0.2) is 73.4 Å². The lowest BCUT2D eigenvalue weighted by molar-refractivity contribution is -0.870. The first kappa shape index (κ1) is 44.0. The lowest BCUT2D eigenvalue weighted by Crippen LogP contribution is -2.45. The van der Waals surface area contributed by atoms with Crippen LogP contribution in [0.4, 0.5) is 0 Å². The van der Waals surface area contributed by atoms with E-state index in [0.717, 1.165) is 38.5 Å². The first-order chi connectivity index (χ1) is 21.5. The zero-order valence-electron chi connectivity index (χ0n) is 29.9. The Hall–Kier alpha value is -1.02. The van der Waals surface area contributed by atoms with Crippen LogP contribution in [-0.2, 0) is 18.4 Å². The molecule has 0 aromatic heterocycles. The van der Waals surface area contributed by atoms with E-state index in [1.165, 1.54) is 89.9 Å². The second kappa shape index (κ2) is 29.1. The highest BCUT2D eigenvalue weighted by molar-refractivity contribution is 7.47. The summed E-state index contributed by atoms with van der Waals surface area (Å²) in [7, 11) is 1.55. The van der Waals surface area contributed by atoms with Crippen LogP contribution in [0.3, 0.4) is 0 Å². The van der Waals surface area contributed by atoms with Crippen molar-refractivity contribution in [3.8, 4) is 0 Å². The van der Waals surface area contributed by atoms with Crippen molar-refractivity contribution >= 4 is 13.7 Å². The molecule has 266 valence electrons. The Morgan fingerprint density at radius 1 is 0.733 bits per heavy atom. The van der Waals surface area contributed by atoms with Crippen LogP contribution < -0.4 is 5.32 Å². The molecule has 3 atom stereocenters. The van der Waals surface area contributed by atoms with E-state index in [-0.39, 0.29) is 19.1 Å². The summed E-state index contributed by atoms with van der Waals surface area (Å²) in [5, 5.41) is 13.6. The summed E-state index contributed by atoms with van der Waals surface area (Å²) in [6, 6.07) is -0.854. The summed E-state index contributed by atoms with van der Waals surface area (Å²) in [5.74, 6) is -0.199. The number of aliphatic hydroxyl groups is 1. The number of hydrogen-bond donors (Lipinski definition) is 3. The number of carbonyl (C=O) groups is 1. The first-order valence-corrected chi connectivity index (χ1v) is 19.7. The molecule has 0 aliphatic rings. The fraction of sp³-hybridized carbons (Fsp3) is 0.861. The number of amides is 1. The van der Waals surface area contributed by atoms with Crippen LogP contribution in [0.25, 0.3) is 0 Å². The number of quaternary nitrogens is 1. The number of nitrogens with one attached hydrogen (secondary N) is 1. The van der Waals surface area contributed by atoms with E-state index in [1.807, 2.05) is 27.2 Å². The number of carbonyl (C=O) groups excluding carboxylic acids is 1. The molecule has 9 heteroatoms. The molecule has 0 rings (SSSR count). The molecule has 0 heterocycles. The average molecular weight is 660 g/mol. The zero-order valence-corrected chi connectivity index (χ0v) is 30.8. The minimum atomic E-state index is -4.32. The highest BCUT2D eigenvalue weighted by atomic mass is 31.2. The number of nitrogens with zero attached hydrogens (tertiary/aromatic N) is 1. The van der Waals surface area contributed by atoms with Gasteiger partial charge in [-0.2, -0.15) is 0 Å². The second-order valence-electron chi connectivity index (χ2n) is 13.6. The zero-order chi connectivity index (χ0) is 33.7. The standard InChI is InChI=1S/C36H71N2O6P/c1-6-8-10-12-14-15-16-17-18-19-20-21-22-23-24-25-27-29-35(39)34(37-36(40)30-28-26-13-11-9-7-2)33-44-45(41,42)43-32-31-38(3,4)5/h22-23,27,29,34-35,39H,6-21,24-26,28,30-33H2,1-5H3,(H-,37,40,41,42)/p+1/b23-22+,29-27+. The Labute approximate surface area is 277 Å². The normalized spacial score (nSPS) is 15.1. The smallest absolute Gasteiger partial charge is 0.387 e. The molecule has 45 heavy (non-hydrogen) atoms. The van der Waals surface area contributed by atoms with Gasteiger partial charge in [0.05, 0.1) is 39.9 Å². The molecular weight excluding hydrogens is 587 g/mol. The van der Waals surface area contributed by atoms with E-state index in [4.69, 9.17) is 9.05 Å². The molecule has 0 spiro atoms. The van der Waals surface area contributed by atoms with Crippen LogP contribution in [0.15, 0.2) is 24.3 Å². The molecule has 1 amide bonds. The molecule has 8 nitrogen and oxygen atoms in total. The SMILES string of the molecule is CCCCCCCCCCCCC/C=C/CC/C=C/C(O)C(COP(=O)(O)OCC[N+](C)(C)C)NC(=O)CCCCCCCC. The van der Waals surface area contributed by atoms with E-state index in [1.54, 1.807) is 6.08 Å². The number of phosphoric ester groups is 1. The number of likely N-dealkylation sites (N-methyl/N-ethyl adjacent to an activating group) is 1. The molecule has 0 aliphatic heterocycles. The number of allylic oxidation sites excluding steroid dienone is 3. The van der Waals surface area contributed by atoms with Gasteiger partial charge in [0.1, 0.15) is 13.2 Å². The van der Waals surface area contributed by atoms with Crippen molar-refractivity contribution in [3.63, 3.8) is 0 Å². The summed E-state index contributed by atoms with van der Waals surface area (Å²) in [6.07, 6.45) is 31.3. The van der Waals surface area contributed by atoms with Crippen LogP contribution in [0, 0.1) is 0 Å². The molecule has 0 bridgehead atoms. The summed E-state index contributed by atoms with van der Waals surface area (Å²) in [6.45, 7) is 4.70. The van der Waals surface area contributed by atoms with Crippen LogP contribution in [0.2, 0.25) is 0 Å². The number of phosphoric acid groups is 1.